The molecule has 21 heavy (non-hydrogen) atoms. The van der Waals surface area contributed by atoms with Gasteiger partial charge in [0, 0.05) is 11.8 Å². The van der Waals surface area contributed by atoms with E-state index in [1.807, 2.05) is 0 Å². The van der Waals surface area contributed by atoms with Crippen LogP contribution in [-0.4, -0.2) is 22.0 Å². The van der Waals surface area contributed by atoms with Crippen LogP contribution in [0.4, 0.5) is 5.69 Å². The topological polar surface area (TPSA) is 82.2 Å². The molecule has 2 rings (SSSR count). The van der Waals surface area contributed by atoms with Crippen LogP contribution in [0.5, 0.6) is 0 Å². The molecule has 3 N–H and O–H groups in total. The van der Waals surface area contributed by atoms with Crippen molar-refractivity contribution in [1.29, 1.82) is 0 Å². The maximum atomic E-state index is 11.9. The number of anilines is 1. The maximum Gasteiger partial charge on any atom is 0.328 e. The number of carboxylic acid groups (broad SMARTS) is 1. The molecule has 2 aromatic rings. The summed E-state index contributed by atoms with van der Waals surface area (Å²) in [5.74, 6) is -1.40. The van der Waals surface area contributed by atoms with Gasteiger partial charge in [0.25, 0.3) is 5.91 Å². The lowest BCUT2D eigenvalue weighted by Crippen LogP contribution is -2.12. The first-order chi connectivity index (χ1) is 9.95. The molecule has 1 aromatic heterocycles. The highest BCUT2D eigenvalue weighted by atomic mass is 35.5. The molecule has 0 aliphatic heterocycles. The Kier molecular flexibility index (Phi) is 4.67. The average molecular weight is 325 g/mol. The van der Waals surface area contributed by atoms with E-state index >= 15 is 0 Å². The summed E-state index contributed by atoms with van der Waals surface area (Å²) in [6.45, 7) is 0. The second-order valence-corrected chi connectivity index (χ2v) is 4.88. The van der Waals surface area contributed by atoms with Crippen molar-refractivity contribution in [2.45, 2.75) is 0 Å². The number of aromatic amines is 1. The Morgan fingerprint density at radius 3 is 2.38 bits per heavy atom. The fraction of sp³-hybridized carbons (Fsp3) is 0. The van der Waals surface area contributed by atoms with Gasteiger partial charge in [0.1, 0.15) is 10.8 Å². The van der Waals surface area contributed by atoms with Crippen LogP contribution in [0.3, 0.4) is 0 Å². The van der Waals surface area contributed by atoms with Crippen LogP contribution in [0.2, 0.25) is 10.2 Å². The monoisotopic (exact) mass is 324 g/mol. The lowest BCUT2D eigenvalue weighted by Gasteiger charge is -2.04. The van der Waals surface area contributed by atoms with Crippen LogP contribution in [-0.2, 0) is 4.79 Å². The third-order valence-electron chi connectivity index (χ3n) is 2.56. The SMILES string of the molecule is O=C(O)C=Cc1ccc(NC(=O)c2cc(Cl)c(Cl)[nH]2)cc1. The third kappa shape index (κ3) is 4.11. The van der Waals surface area contributed by atoms with Gasteiger partial charge < -0.3 is 15.4 Å². The summed E-state index contributed by atoms with van der Waals surface area (Å²) in [6, 6.07) is 8.12. The lowest BCUT2D eigenvalue weighted by molar-refractivity contribution is -0.131. The standard InChI is InChI=1S/C14H10Cl2N2O3/c15-10-7-11(18-13(10)16)14(21)17-9-4-1-8(2-5-9)3-6-12(19)20/h1-7,18H,(H,17,21)(H,19,20). The Labute approximate surface area is 130 Å². The highest BCUT2D eigenvalue weighted by molar-refractivity contribution is 6.41. The molecule has 1 heterocycles. The van der Waals surface area contributed by atoms with Crippen molar-refractivity contribution in [2.75, 3.05) is 5.32 Å². The smallest absolute Gasteiger partial charge is 0.328 e. The summed E-state index contributed by atoms with van der Waals surface area (Å²) in [4.78, 5) is 25.0. The van der Waals surface area contributed by atoms with Crippen molar-refractivity contribution in [3.05, 3.63) is 57.8 Å². The van der Waals surface area contributed by atoms with Crippen LogP contribution in [0.25, 0.3) is 6.08 Å². The first kappa shape index (κ1) is 15.2. The summed E-state index contributed by atoms with van der Waals surface area (Å²) < 4.78 is 0. The highest BCUT2D eigenvalue weighted by Crippen LogP contribution is 2.22. The molecule has 1 aromatic carbocycles. The Hall–Kier alpha value is -2.24. The van der Waals surface area contributed by atoms with Gasteiger partial charge in [-0.25, -0.2) is 4.79 Å². The normalized spacial score (nSPS) is 10.8. The number of benzene rings is 1. The number of halogens is 2. The van der Waals surface area contributed by atoms with Gasteiger partial charge in [-0.2, -0.15) is 0 Å². The summed E-state index contributed by atoms with van der Waals surface area (Å²) in [6.07, 6.45) is 2.50. The zero-order chi connectivity index (χ0) is 15.4. The molecule has 0 bridgehead atoms. The van der Waals surface area contributed by atoms with Gasteiger partial charge in [0.15, 0.2) is 0 Å². The van der Waals surface area contributed by atoms with E-state index in [-0.39, 0.29) is 21.8 Å². The molecule has 0 aliphatic rings. The quantitative estimate of drug-likeness (QED) is 0.750. The number of carboxylic acids is 1. The van der Waals surface area contributed by atoms with Gasteiger partial charge in [-0.3, -0.25) is 4.79 Å². The van der Waals surface area contributed by atoms with E-state index < -0.39 is 5.97 Å². The number of hydrogen-bond donors (Lipinski definition) is 3. The van der Waals surface area contributed by atoms with Gasteiger partial charge >= 0.3 is 5.97 Å². The predicted octanol–water partition coefficient (Wildman–Crippen LogP) is 3.67. The number of H-pyrrole nitrogens is 1. The van der Waals surface area contributed by atoms with Gasteiger partial charge in [-0.05, 0) is 29.8 Å². The highest BCUT2D eigenvalue weighted by Gasteiger charge is 2.11. The number of nitrogens with one attached hydrogen (secondary N) is 2. The Morgan fingerprint density at radius 1 is 1.19 bits per heavy atom. The van der Waals surface area contributed by atoms with Crippen molar-refractivity contribution in [2.24, 2.45) is 0 Å². The van der Waals surface area contributed by atoms with Crippen molar-refractivity contribution in [3.8, 4) is 0 Å². The second-order valence-electron chi connectivity index (χ2n) is 4.09. The average Bonchev–Trinajstić information content (AvgIpc) is 2.78. The second kappa shape index (κ2) is 6.47. The molecular formula is C14H10Cl2N2O3. The zero-order valence-electron chi connectivity index (χ0n) is 10.6. The Bertz CT molecular complexity index is 686. The first-order valence-corrected chi connectivity index (χ1v) is 6.58. The maximum absolute atomic E-state index is 11.9. The molecule has 108 valence electrons. The van der Waals surface area contributed by atoms with E-state index in [4.69, 9.17) is 28.3 Å². The molecule has 0 unspecified atom stereocenters. The van der Waals surface area contributed by atoms with Gasteiger partial charge in [-0.15, -0.1) is 0 Å². The fourth-order valence-corrected chi connectivity index (χ4v) is 1.88. The molecule has 0 radical (unpaired) electrons. The zero-order valence-corrected chi connectivity index (χ0v) is 12.1. The summed E-state index contributed by atoms with van der Waals surface area (Å²) in [5, 5.41) is 11.7. The minimum absolute atomic E-state index is 0.205. The molecule has 0 aliphatic carbocycles. The Balaban J connectivity index is 2.06. The van der Waals surface area contributed by atoms with Gasteiger partial charge in [-0.1, -0.05) is 35.3 Å². The lowest BCUT2D eigenvalue weighted by atomic mass is 10.2. The third-order valence-corrected chi connectivity index (χ3v) is 3.25. The molecule has 0 saturated heterocycles. The van der Waals surface area contributed by atoms with E-state index in [1.165, 1.54) is 12.1 Å². The molecule has 5 nitrogen and oxygen atoms in total. The molecule has 7 heteroatoms. The minimum Gasteiger partial charge on any atom is -0.478 e. The molecular weight excluding hydrogens is 315 g/mol. The largest absolute Gasteiger partial charge is 0.478 e. The van der Waals surface area contributed by atoms with Gasteiger partial charge in [0.05, 0.1) is 5.02 Å². The van der Waals surface area contributed by atoms with Crippen LogP contribution in [0, 0.1) is 0 Å². The van der Waals surface area contributed by atoms with E-state index in [0.29, 0.717) is 11.3 Å². The number of carbonyl (C=O) groups is 2. The molecule has 0 fully saturated rings. The number of aromatic nitrogens is 1. The van der Waals surface area contributed by atoms with Crippen molar-refractivity contribution in [3.63, 3.8) is 0 Å². The predicted molar refractivity (Wildman–Crippen MR) is 81.9 cm³/mol. The van der Waals surface area contributed by atoms with E-state index in [9.17, 15) is 9.59 Å². The van der Waals surface area contributed by atoms with Crippen LogP contribution in [0.15, 0.2) is 36.4 Å². The number of aliphatic carboxylic acids is 1. The number of carbonyl (C=O) groups excluding carboxylic acids is 1. The van der Waals surface area contributed by atoms with Crippen LogP contribution >= 0.6 is 23.2 Å². The fourth-order valence-electron chi connectivity index (χ4n) is 1.57. The van der Waals surface area contributed by atoms with Crippen LogP contribution in [0.1, 0.15) is 16.1 Å². The molecule has 0 atom stereocenters. The number of amides is 1. The van der Waals surface area contributed by atoms with Gasteiger partial charge in [0.2, 0.25) is 0 Å². The summed E-state index contributed by atoms with van der Waals surface area (Å²) >= 11 is 11.5. The van der Waals surface area contributed by atoms with E-state index in [0.717, 1.165) is 6.08 Å². The molecule has 0 saturated carbocycles. The van der Waals surface area contributed by atoms with Crippen LogP contribution < -0.4 is 5.32 Å². The van der Waals surface area contributed by atoms with E-state index in [2.05, 4.69) is 10.3 Å². The van der Waals surface area contributed by atoms with Crippen molar-refractivity contribution in [1.82, 2.24) is 4.98 Å². The molecule has 1 amide bonds. The van der Waals surface area contributed by atoms with E-state index in [1.54, 1.807) is 24.3 Å². The summed E-state index contributed by atoms with van der Waals surface area (Å²) in [5.41, 5.74) is 1.52. The number of rotatable bonds is 4. The molecule has 0 spiro atoms. The van der Waals surface area contributed by atoms with Crippen molar-refractivity contribution >= 4 is 46.8 Å². The summed E-state index contributed by atoms with van der Waals surface area (Å²) in [7, 11) is 0. The number of hydrogen-bond acceptors (Lipinski definition) is 2. The minimum atomic E-state index is -1.02. The first-order valence-electron chi connectivity index (χ1n) is 5.82. The van der Waals surface area contributed by atoms with Crippen molar-refractivity contribution < 1.29 is 14.7 Å². The Morgan fingerprint density at radius 2 is 1.86 bits per heavy atom.